The second-order valence-electron chi connectivity index (χ2n) is 7.13. The Bertz CT molecular complexity index is 848. The molecule has 0 bridgehead atoms. The molecule has 2 aliphatic rings. The molecule has 1 fully saturated rings. The van der Waals surface area contributed by atoms with Gasteiger partial charge in [-0.2, -0.15) is 0 Å². The van der Waals surface area contributed by atoms with Crippen molar-refractivity contribution in [1.82, 2.24) is 14.8 Å². The van der Waals surface area contributed by atoms with Crippen molar-refractivity contribution < 1.29 is 14.3 Å². The number of hydrogen-bond acceptors (Lipinski definition) is 5. The number of benzene rings is 1. The molecule has 0 unspecified atom stereocenters. The van der Waals surface area contributed by atoms with E-state index in [0.717, 1.165) is 36.6 Å². The Morgan fingerprint density at radius 3 is 2.75 bits per heavy atom. The maximum absolute atomic E-state index is 12.5. The molecule has 2 amide bonds. The van der Waals surface area contributed by atoms with Crippen LogP contribution in [-0.2, 0) is 22.6 Å². The lowest BCUT2D eigenvalue weighted by Crippen LogP contribution is -2.49. The number of hydrogen-bond donors (Lipinski definition) is 1. The molecule has 7 nitrogen and oxygen atoms in total. The maximum atomic E-state index is 12.5. The van der Waals surface area contributed by atoms with Gasteiger partial charge in [0.1, 0.15) is 5.75 Å². The first-order valence-electron chi connectivity index (χ1n) is 9.63. The van der Waals surface area contributed by atoms with Crippen molar-refractivity contribution in [1.29, 1.82) is 0 Å². The van der Waals surface area contributed by atoms with Gasteiger partial charge in [0, 0.05) is 51.0 Å². The number of pyridine rings is 1. The number of piperazine rings is 1. The monoisotopic (exact) mass is 380 g/mol. The highest BCUT2D eigenvalue weighted by atomic mass is 16.5. The van der Waals surface area contributed by atoms with Crippen molar-refractivity contribution in [3.8, 4) is 5.75 Å². The van der Waals surface area contributed by atoms with Gasteiger partial charge in [-0.05, 0) is 42.3 Å². The van der Waals surface area contributed by atoms with E-state index in [2.05, 4.69) is 15.2 Å². The van der Waals surface area contributed by atoms with Gasteiger partial charge in [-0.3, -0.25) is 19.5 Å². The van der Waals surface area contributed by atoms with Gasteiger partial charge in [0.05, 0.1) is 5.69 Å². The number of aromatic nitrogens is 1. The van der Waals surface area contributed by atoms with Gasteiger partial charge in [-0.15, -0.1) is 0 Å². The Balaban J connectivity index is 1.24. The van der Waals surface area contributed by atoms with Crippen LogP contribution >= 0.6 is 0 Å². The van der Waals surface area contributed by atoms with E-state index in [4.69, 9.17) is 4.74 Å². The van der Waals surface area contributed by atoms with Crippen molar-refractivity contribution in [3.63, 3.8) is 0 Å². The van der Waals surface area contributed by atoms with Crippen molar-refractivity contribution in [3.05, 3.63) is 53.9 Å². The molecule has 0 saturated carbocycles. The lowest BCUT2D eigenvalue weighted by molar-refractivity contribution is -0.135. The molecular weight excluding hydrogens is 356 g/mol. The van der Waals surface area contributed by atoms with Gasteiger partial charge >= 0.3 is 0 Å². The Kier molecular flexibility index (Phi) is 5.53. The van der Waals surface area contributed by atoms with E-state index in [9.17, 15) is 9.59 Å². The van der Waals surface area contributed by atoms with Crippen LogP contribution < -0.4 is 10.1 Å². The molecule has 4 rings (SSSR count). The highest BCUT2D eigenvalue weighted by molar-refractivity contribution is 5.94. The third-order valence-electron chi connectivity index (χ3n) is 5.17. The number of rotatable bonds is 5. The summed E-state index contributed by atoms with van der Waals surface area (Å²) in [6.45, 7) is 3.91. The lowest BCUT2D eigenvalue weighted by atomic mass is 10.0. The van der Waals surface area contributed by atoms with Gasteiger partial charge in [-0.1, -0.05) is 6.07 Å². The maximum Gasteiger partial charge on any atom is 0.260 e. The summed E-state index contributed by atoms with van der Waals surface area (Å²) in [5.41, 5.74) is 2.93. The van der Waals surface area contributed by atoms with Crippen molar-refractivity contribution >= 4 is 17.5 Å². The van der Waals surface area contributed by atoms with E-state index < -0.39 is 0 Å². The minimum Gasteiger partial charge on any atom is -0.484 e. The first-order chi connectivity index (χ1) is 13.7. The van der Waals surface area contributed by atoms with E-state index in [0.29, 0.717) is 31.7 Å². The minimum atomic E-state index is 0.00325. The van der Waals surface area contributed by atoms with E-state index in [1.807, 2.05) is 35.2 Å². The zero-order chi connectivity index (χ0) is 19.3. The molecule has 0 radical (unpaired) electrons. The number of carbonyl (C=O) groups excluding carboxylic acids is 2. The standard InChI is InChI=1S/C21H24N4O3/c26-20-7-4-16-13-18(5-6-19(16)23-20)28-15-21(27)25-11-9-24(10-12-25)14-17-3-1-2-8-22-17/h1-3,5-6,8,13H,4,7,9-12,14-15H2,(H,23,26). The molecule has 1 aromatic carbocycles. The Morgan fingerprint density at radius 2 is 1.96 bits per heavy atom. The number of carbonyl (C=O) groups is 2. The average Bonchev–Trinajstić information content (AvgIpc) is 2.73. The molecule has 0 atom stereocenters. The SMILES string of the molecule is O=C1CCc2cc(OCC(=O)N3CCN(Cc4ccccn4)CC3)ccc2N1. The summed E-state index contributed by atoms with van der Waals surface area (Å²) in [5, 5.41) is 2.85. The smallest absolute Gasteiger partial charge is 0.260 e. The molecular formula is C21H24N4O3. The predicted octanol–water partition coefficient (Wildman–Crippen LogP) is 1.69. The molecule has 1 aromatic heterocycles. The van der Waals surface area contributed by atoms with Crippen LogP contribution in [0.2, 0.25) is 0 Å². The van der Waals surface area contributed by atoms with Crippen LogP contribution in [0.4, 0.5) is 5.69 Å². The summed E-state index contributed by atoms with van der Waals surface area (Å²) in [6, 6.07) is 11.5. The molecule has 7 heteroatoms. The van der Waals surface area contributed by atoms with Crippen LogP contribution in [0, 0.1) is 0 Å². The summed E-state index contributed by atoms with van der Waals surface area (Å²) in [4.78, 5) is 32.4. The third-order valence-corrected chi connectivity index (χ3v) is 5.17. The van der Waals surface area contributed by atoms with Gasteiger partial charge in [-0.25, -0.2) is 0 Å². The van der Waals surface area contributed by atoms with E-state index in [-0.39, 0.29) is 18.4 Å². The molecule has 2 aromatic rings. The number of fused-ring (bicyclic) bond motifs is 1. The van der Waals surface area contributed by atoms with Gasteiger partial charge in [0.15, 0.2) is 6.61 Å². The van der Waals surface area contributed by atoms with Crippen LogP contribution in [-0.4, -0.2) is 59.4 Å². The highest BCUT2D eigenvalue weighted by Gasteiger charge is 2.22. The molecule has 0 aliphatic carbocycles. The van der Waals surface area contributed by atoms with E-state index in [1.54, 1.807) is 12.3 Å². The predicted molar refractivity (Wildman–Crippen MR) is 105 cm³/mol. The summed E-state index contributed by atoms with van der Waals surface area (Å²) < 4.78 is 5.71. The Morgan fingerprint density at radius 1 is 1.11 bits per heavy atom. The van der Waals surface area contributed by atoms with Crippen molar-refractivity contribution in [2.45, 2.75) is 19.4 Å². The molecule has 0 spiro atoms. The van der Waals surface area contributed by atoms with Gasteiger partial charge < -0.3 is 15.0 Å². The summed E-state index contributed by atoms with van der Waals surface area (Å²) in [5.74, 6) is 0.707. The van der Waals surface area contributed by atoms with Crippen molar-refractivity contribution in [2.75, 3.05) is 38.1 Å². The summed E-state index contributed by atoms with van der Waals surface area (Å²) in [6.07, 6.45) is 2.99. The van der Waals surface area contributed by atoms with Gasteiger partial charge in [0.2, 0.25) is 5.91 Å². The van der Waals surface area contributed by atoms with Crippen LogP contribution in [0.5, 0.6) is 5.75 Å². The zero-order valence-electron chi connectivity index (χ0n) is 15.8. The molecule has 28 heavy (non-hydrogen) atoms. The second-order valence-corrected chi connectivity index (χ2v) is 7.13. The topological polar surface area (TPSA) is 74.8 Å². The average molecular weight is 380 g/mol. The zero-order valence-corrected chi connectivity index (χ0v) is 15.8. The third kappa shape index (κ3) is 4.48. The van der Waals surface area contributed by atoms with Crippen molar-refractivity contribution in [2.24, 2.45) is 0 Å². The minimum absolute atomic E-state index is 0.00325. The fraction of sp³-hybridized carbons (Fsp3) is 0.381. The fourth-order valence-corrected chi connectivity index (χ4v) is 3.56. The van der Waals surface area contributed by atoms with Crippen LogP contribution in [0.1, 0.15) is 17.7 Å². The highest BCUT2D eigenvalue weighted by Crippen LogP contribution is 2.26. The molecule has 2 aliphatic heterocycles. The van der Waals surface area contributed by atoms with Crippen LogP contribution in [0.15, 0.2) is 42.6 Å². The number of nitrogens with one attached hydrogen (secondary N) is 1. The van der Waals surface area contributed by atoms with Crippen LogP contribution in [0.3, 0.4) is 0 Å². The number of anilines is 1. The Labute approximate surface area is 164 Å². The number of ether oxygens (including phenoxy) is 1. The molecule has 3 heterocycles. The van der Waals surface area contributed by atoms with E-state index >= 15 is 0 Å². The van der Waals surface area contributed by atoms with E-state index in [1.165, 1.54) is 0 Å². The normalized spacial score (nSPS) is 17.0. The fourth-order valence-electron chi connectivity index (χ4n) is 3.56. The number of nitrogens with zero attached hydrogens (tertiary/aromatic N) is 3. The largest absolute Gasteiger partial charge is 0.484 e. The first-order valence-corrected chi connectivity index (χ1v) is 9.63. The molecule has 1 N–H and O–H groups in total. The summed E-state index contributed by atoms with van der Waals surface area (Å²) >= 11 is 0. The quantitative estimate of drug-likeness (QED) is 0.854. The first kappa shape index (κ1) is 18.4. The number of aryl methyl sites for hydroxylation is 1. The van der Waals surface area contributed by atoms with Crippen LogP contribution in [0.25, 0.3) is 0 Å². The number of amides is 2. The lowest BCUT2D eigenvalue weighted by Gasteiger charge is -2.34. The van der Waals surface area contributed by atoms with Gasteiger partial charge in [0.25, 0.3) is 5.91 Å². The molecule has 1 saturated heterocycles. The summed E-state index contributed by atoms with van der Waals surface area (Å²) in [7, 11) is 0. The Hall–Kier alpha value is -2.93. The molecule has 146 valence electrons. The second kappa shape index (κ2) is 8.39.